The van der Waals surface area contributed by atoms with E-state index in [1.807, 2.05) is 44.3 Å². The standard InChI is InChI=1S/C14H15BrN2O/c1-10-3-4-14(13(15)7-10)18-12-5-6-17-11(8-12)9-16-2/h3-8,16H,9H2,1-2H3. The van der Waals surface area contributed by atoms with E-state index in [2.05, 4.69) is 26.2 Å². The van der Waals surface area contributed by atoms with Crippen molar-refractivity contribution in [3.63, 3.8) is 0 Å². The lowest BCUT2D eigenvalue weighted by Gasteiger charge is -2.09. The van der Waals surface area contributed by atoms with Crippen molar-refractivity contribution < 1.29 is 4.74 Å². The number of pyridine rings is 1. The fraction of sp³-hybridized carbons (Fsp3) is 0.214. The highest BCUT2D eigenvalue weighted by molar-refractivity contribution is 9.10. The summed E-state index contributed by atoms with van der Waals surface area (Å²) in [5, 5.41) is 3.07. The Labute approximate surface area is 115 Å². The topological polar surface area (TPSA) is 34.1 Å². The maximum absolute atomic E-state index is 5.84. The zero-order valence-corrected chi connectivity index (χ0v) is 12.0. The maximum Gasteiger partial charge on any atom is 0.141 e. The minimum atomic E-state index is 0.728. The molecule has 0 atom stereocenters. The van der Waals surface area contributed by atoms with Gasteiger partial charge in [0.2, 0.25) is 0 Å². The average molecular weight is 307 g/mol. The summed E-state index contributed by atoms with van der Waals surface area (Å²) in [6.07, 6.45) is 1.75. The highest BCUT2D eigenvalue weighted by Gasteiger charge is 2.04. The van der Waals surface area contributed by atoms with Gasteiger partial charge in [-0.3, -0.25) is 4.98 Å². The van der Waals surface area contributed by atoms with Crippen LogP contribution < -0.4 is 10.1 Å². The zero-order chi connectivity index (χ0) is 13.0. The molecule has 0 unspecified atom stereocenters. The Morgan fingerprint density at radius 1 is 1.28 bits per heavy atom. The molecule has 94 valence electrons. The lowest BCUT2D eigenvalue weighted by Crippen LogP contribution is -2.06. The van der Waals surface area contributed by atoms with Crippen molar-refractivity contribution in [1.29, 1.82) is 0 Å². The van der Waals surface area contributed by atoms with Gasteiger partial charge in [-0.1, -0.05) is 6.07 Å². The average Bonchev–Trinajstić information content (AvgIpc) is 2.34. The lowest BCUT2D eigenvalue weighted by atomic mass is 10.2. The molecule has 0 spiro atoms. The van der Waals surface area contributed by atoms with E-state index in [-0.39, 0.29) is 0 Å². The summed E-state index contributed by atoms with van der Waals surface area (Å²) in [4.78, 5) is 4.25. The Hall–Kier alpha value is -1.39. The smallest absolute Gasteiger partial charge is 0.141 e. The molecule has 0 saturated heterocycles. The monoisotopic (exact) mass is 306 g/mol. The van der Waals surface area contributed by atoms with Crippen molar-refractivity contribution in [3.8, 4) is 11.5 Å². The van der Waals surface area contributed by atoms with E-state index in [9.17, 15) is 0 Å². The van der Waals surface area contributed by atoms with Crippen LogP contribution in [0.3, 0.4) is 0 Å². The minimum absolute atomic E-state index is 0.728. The molecule has 0 amide bonds. The first-order valence-electron chi connectivity index (χ1n) is 5.72. The number of nitrogens with one attached hydrogen (secondary N) is 1. The predicted molar refractivity (Wildman–Crippen MR) is 76.0 cm³/mol. The number of hydrogen-bond donors (Lipinski definition) is 1. The van der Waals surface area contributed by atoms with Gasteiger partial charge in [0.25, 0.3) is 0 Å². The van der Waals surface area contributed by atoms with Gasteiger partial charge in [0, 0.05) is 18.8 Å². The highest BCUT2D eigenvalue weighted by Crippen LogP contribution is 2.30. The molecule has 0 radical (unpaired) electrons. The summed E-state index contributed by atoms with van der Waals surface area (Å²) in [6.45, 7) is 2.78. The van der Waals surface area contributed by atoms with Crippen LogP contribution in [0.15, 0.2) is 41.0 Å². The summed E-state index contributed by atoms with van der Waals surface area (Å²) in [6, 6.07) is 9.80. The van der Waals surface area contributed by atoms with Crippen LogP contribution in [0.5, 0.6) is 11.5 Å². The van der Waals surface area contributed by atoms with Crippen molar-refractivity contribution in [1.82, 2.24) is 10.3 Å². The fourth-order valence-electron chi connectivity index (χ4n) is 1.61. The van der Waals surface area contributed by atoms with Gasteiger partial charge in [0.05, 0.1) is 10.2 Å². The van der Waals surface area contributed by atoms with E-state index >= 15 is 0 Å². The summed E-state index contributed by atoms with van der Waals surface area (Å²) in [5.41, 5.74) is 2.15. The van der Waals surface area contributed by atoms with E-state index in [1.165, 1.54) is 5.56 Å². The van der Waals surface area contributed by atoms with Crippen molar-refractivity contribution >= 4 is 15.9 Å². The van der Waals surface area contributed by atoms with Gasteiger partial charge >= 0.3 is 0 Å². The molecule has 1 aromatic heterocycles. The second kappa shape index (κ2) is 5.98. The molecule has 0 fully saturated rings. The van der Waals surface area contributed by atoms with Crippen LogP contribution in [-0.2, 0) is 6.54 Å². The summed E-state index contributed by atoms with van der Waals surface area (Å²) in [5.74, 6) is 1.60. The molecule has 0 bridgehead atoms. The number of halogens is 1. The first kappa shape index (κ1) is 13.1. The van der Waals surface area contributed by atoms with Gasteiger partial charge in [-0.05, 0) is 53.7 Å². The molecule has 0 aliphatic rings. The van der Waals surface area contributed by atoms with E-state index in [4.69, 9.17) is 4.74 Å². The number of nitrogens with zero attached hydrogens (tertiary/aromatic N) is 1. The van der Waals surface area contributed by atoms with Gasteiger partial charge in [0.15, 0.2) is 0 Å². The molecule has 1 heterocycles. The molecule has 2 aromatic rings. The summed E-state index contributed by atoms with van der Waals surface area (Å²) >= 11 is 3.50. The second-order valence-corrected chi connectivity index (χ2v) is 4.90. The third-order valence-corrected chi connectivity index (χ3v) is 3.08. The van der Waals surface area contributed by atoms with E-state index < -0.39 is 0 Å². The van der Waals surface area contributed by atoms with Gasteiger partial charge in [-0.2, -0.15) is 0 Å². The number of ether oxygens (including phenoxy) is 1. The third kappa shape index (κ3) is 3.31. The van der Waals surface area contributed by atoms with Crippen molar-refractivity contribution in [2.24, 2.45) is 0 Å². The van der Waals surface area contributed by atoms with Crippen LogP contribution in [0.4, 0.5) is 0 Å². The zero-order valence-electron chi connectivity index (χ0n) is 10.4. The normalized spacial score (nSPS) is 10.4. The number of benzene rings is 1. The van der Waals surface area contributed by atoms with Crippen LogP contribution in [0.25, 0.3) is 0 Å². The van der Waals surface area contributed by atoms with Crippen LogP contribution in [0.1, 0.15) is 11.3 Å². The van der Waals surface area contributed by atoms with Gasteiger partial charge in [-0.25, -0.2) is 0 Å². The van der Waals surface area contributed by atoms with Crippen LogP contribution >= 0.6 is 15.9 Å². The van der Waals surface area contributed by atoms with Crippen molar-refractivity contribution in [2.45, 2.75) is 13.5 Å². The molecule has 2 rings (SSSR count). The van der Waals surface area contributed by atoms with Crippen LogP contribution in [-0.4, -0.2) is 12.0 Å². The van der Waals surface area contributed by atoms with Crippen LogP contribution in [0, 0.1) is 6.92 Å². The molecule has 1 aromatic carbocycles. The molecule has 4 heteroatoms. The second-order valence-electron chi connectivity index (χ2n) is 4.05. The third-order valence-electron chi connectivity index (χ3n) is 2.46. The Morgan fingerprint density at radius 3 is 2.83 bits per heavy atom. The largest absolute Gasteiger partial charge is 0.456 e. The molecule has 0 aliphatic heterocycles. The van der Waals surface area contributed by atoms with E-state index in [0.29, 0.717) is 0 Å². The van der Waals surface area contributed by atoms with Crippen molar-refractivity contribution in [2.75, 3.05) is 7.05 Å². The molecule has 1 N–H and O–H groups in total. The van der Waals surface area contributed by atoms with Gasteiger partial charge in [0.1, 0.15) is 11.5 Å². The summed E-state index contributed by atoms with van der Waals surface area (Å²) in [7, 11) is 1.89. The number of rotatable bonds is 4. The Kier molecular flexibility index (Phi) is 4.33. The number of aryl methyl sites for hydroxylation is 1. The lowest BCUT2D eigenvalue weighted by molar-refractivity contribution is 0.477. The highest BCUT2D eigenvalue weighted by atomic mass is 79.9. The molecule has 3 nitrogen and oxygen atoms in total. The molecule has 0 saturated carbocycles. The molecule has 0 aliphatic carbocycles. The van der Waals surface area contributed by atoms with Crippen molar-refractivity contribution in [3.05, 3.63) is 52.3 Å². The minimum Gasteiger partial charge on any atom is -0.456 e. The maximum atomic E-state index is 5.84. The molecular weight excluding hydrogens is 292 g/mol. The Morgan fingerprint density at radius 2 is 2.11 bits per heavy atom. The SMILES string of the molecule is CNCc1cc(Oc2ccc(C)cc2Br)ccn1. The summed E-state index contributed by atoms with van der Waals surface area (Å²) < 4.78 is 6.79. The fourth-order valence-corrected chi connectivity index (χ4v) is 2.19. The van der Waals surface area contributed by atoms with Gasteiger partial charge < -0.3 is 10.1 Å². The predicted octanol–water partition coefficient (Wildman–Crippen LogP) is 3.66. The first-order chi connectivity index (χ1) is 8.69. The first-order valence-corrected chi connectivity index (χ1v) is 6.52. The van der Waals surface area contributed by atoms with E-state index in [0.717, 1.165) is 28.2 Å². The van der Waals surface area contributed by atoms with Gasteiger partial charge in [-0.15, -0.1) is 0 Å². The number of hydrogen-bond acceptors (Lipinski definition) is 3. The van der Waals surface area contributed by atoms with Crippen LogP contribution in [0.2, 0.25) is 0 Å². The van der Waals surface area contributed by atoms with E-state index in [1.54, 1.807) is 6.20 Å². The Bertz CT molecular complexity index is 543. The number of aromatic nitrogens is 1. The quantitative estimate of drug-likeness (QED) is 0.936. The molecular formula is C14H15BrN2O. The molecule has 18 heavy (non-hydrogen) atoms. The Balaban J connectivity index is 2.20.